The second-order valence-corrected chi connectivity index (χ2v) is 6.81. The van der Waals surface area contributed by atoms with Crippen LogP contribution in [-0.4, -0.2) is 26.1 Å². The van der Waals surface area contributed by atoms with Gasteiger partial charge in [-0.3, -0.25) is 14.9 Å². The fraction of sp³-hybridized carbons (Fsp3) is 0.111. The number of amides is 1. The minimum absolute atomic E-state index is 0.230. The van der Waals surface area contributed by atoms with Crippen molar-refractivity contribution in [2.24, 2.45) is 0 Å². The van der Waals surface area contributed by atoms with Gasteiger partial charge >= 0.3 is 0 Å². The van der Waals surface area contributed by atoms with Crippen LogP contribution in [0.3, 0.4) is 0 Å². The summed E-state index contributed by atoms with van der Waals surface area (Å²) in [6.07, 6.45) is 5.29. The Morgan fingerprint density at radius 1 is 1.24 bits per heavy atom. The van der Waals surface area contributed by atoms with E-state index >= 15 is 0 Å². The molecule has 25 heavy (non-hydrogen) atoms. The number of aromatic nitrogens is 4. The summed E-state index contributed by atoms with van der Waals surface area (Å²) in [7, 11) is 0. The van der Waals surface area contributed by atoms with Gasteiger partial charge in [0.15, 0.2) is 0 Å². The highest BCUT2D eigenvalue weighted by atomic mass is 32.1. The van der Waals surface area contributed by atoms with Crippen LogP contribution in [0.2, 0.25) is 0 Å². The SMILES string of the molecule is Cc1nc(C(=O)Nc2cc(-c3cnccc3C)cc3[nH]ncc23)cs1. The summed E-state index contributed by atoms with van der Waals surface area (Å²) in [5, 5.41) is 13.5. The summed E-state index contributed by atoms with van der Waals surface area (Å²) in [6.45, 7) is 3.91. The fourth-order valence-corrected chi connectivity index (χ4v) is 3.32. The van der Waals surface area contributed by atoms with Gasteiger partial charge in [-0.25, -0.2) is 4.98 Å². The molecule has 0 unspecified atom stereocenters. The van der Waals surface area contributed by atoms with Gasteiger partial charge in [-0.1, -0.05) is 0 Å². The molecule has 0 fully saturated rings. The van der Waals surface area contributed by atoms with E-state index in [1.807, 2.05) is 38.2 Å². The summed E-state index contributed by atoms with van der Waals surface area (Å²) in [5.41, 5.74) is 5.06. The number of carbonyl (C=O) groups is 1. The highest BCUT2D eigenvalue weighted by Crippen LogP contribution is 2.31. The van der Waals surface area contributed by atoms with Gasteiger partial charge in [0.2, 0.25) is 0 Å². The Morgan fingerprint density at radius 2 is 2.12 bits per heavy atom. The lowest BCUT2D eigenvalue weighted by atomic mass is 10.0. The molecule has 0 atom stereocenters. The molecule has 0 bridgehead atoms. The summed E-state index contributed by atoms with van der Waals surface area (Å²) in [6, 6.07) is 5.91. The van der Waals surface area contributed by atoms with Gasteiger partial charge in [0.05, 0.1) is 22.4 Å². The lowest BCUT2D eigenvalue weighted by Crippen LogP contribution is -2.12. The molecule has 0 radical (unpaired) electrons. The Bertz CT molecular complexity index is 1080. The van der Waals surface area contributed by atoms with Crippen molar-refractivity contribution >= 4 is 33.8 Å². The minimum atomic E-state index is -0.230. The second kappa shape index (κ2) is 6.10. The molecule has 124 valence electrons. The Hall–Kier alpha value is -3.06. The van der Waals surface area contributed by atoms with E-state index in [2.05, 4.69) is 25.5 Å². The number of nitrogens with zero attached hydrogens (tertiary/aromatic N) is 3. The Balaban J connectivity index is 1.79. The molecule has 1 aromatic carbocycles. The number of aromatic amines is 1. The molecule has 0 aliphatic rings. The number of nitrogens with one attached hydrogen (secondary N) is 2. The molecular weight excluding hydrogens is 334 g/mol. The number of hydrogen-bond donors (Lipinski definition) is 2. The molecule has 0 aliphatic heterocycles. The Labute approximate surface area is 148 Å². The van der Waals surface area contributed by atoms with Gasteiger partial charge in [-0.2, -0.15) is 5.10 Å². The van der Waals surface area contributed by atoms with Crippen LogP contribution in [0, 0.1) is 13.8 Å². The maximum atomic E-state index is 12.5. The third kappa shape index (κ3) is 2.89. The topological polar surface area (TPSA) is 83.6 Å². The van der Waals surface area contributed by atoms with Crippen LogP contribution in [0.15, 0.2) is 42.2 Å². The molecule has 0 spiro atoms. The van der Waals surface area contributed by atoms with Crippen molar-refractivity contribution in [2.45, 2.75) is 13.8 Å². The third-order valence-corrected chi connectivity index (χ3v) is 4.78. The standard InChI is InChI=1S/C18H15N5OS/c1-10-3-4-19-7-13(10)12-5-15(14-8-20-23-16(14)6-12)22-18(24)17-9-25-11(2)21-17/h3-9H,1-2H3,(H,20,23)(H,22,24). The molecule has 2 N–H and O–H groups in total. The lowest BCUT2D eigenvalue weighted by Gasteiger charge is -2.10. The number of pyridine rings is 1. The molecule has 0 aliphatic carbocycles. The van der Waals surface area contributed by atoms with Crippen LogP contribution >= 0.6 is 11.3 Å². The molecule has 7 heteroatoms. The van der Waals surface area contributed by atoms with Crippen molar-refractivity contribution in [3.8, 4) is 11.1 Å². The number of thiazole rings is 1. The normalized spacial score (nSPS) is 11.0. The summed E-state index contributed by atoms with van der Waals surface area (Å²) in [5.74, 6) is -0.230. The van der Waals surface area contributed by atoms with E-state index < -0.39 is 0 Å². The molecule has 3 aromatic heterocycles. The van der Waals surface area contributed by atoms with Crippen molar-refractivity contribution in [3.63, 3.8) is 0 Å². The van der Waals surface area contributed by atoms with Crippen LogP contribution in [0.5, 0.6) is 0 Å². The first kappa shape index (κ1) is 15.5. The first-order valence-electron chi connectivity index (χ1n) is 7.73. The molecule has 4 aromatic rings. The zero-order valence-corrected chi connectivity index (χ0v) is 14.5. The number of rotatable bonds is 3. The number of hydrogen-bond acceptors (Lipinski definition) is 5. The van der Waals surface area contributed by atoms with E-state index in [0.29, 0.717) is 11.4 Å². The average Bonchev–Trinajstić information content (AvgIpc) is 3.24. The number of carbonyl (C=O) groups excluding carboxylic acids is 1. The highest BCUT2D eigenvalue weighted by Gasteiger charge is 2.14. The Kier molecular flexibility index (Phi) is 3.77. The summed E-state index contributed by atoms with van der Waals surface area (Å²) < 4.78 is 0. The summed E-state index contributed by atoms with van der Waals surface area (Å²) in [4.78, 5) is 20.9. The van der Waals surface area contributed by atoms with Crippen LogP contribution in [0.1, 0.15) is 21.1 Å². The van der Waals surface area contributed by atoms with E-state index in [4.69, 9.17) is 0 Å². The maximum absolute atomic E-state index is 12.5. The fourth-order valence-electron chi connectivity index (χ4n) is 2.73. The highest BCUT2D eigenvalue weighted by molar-refractivity contribution is 7.09. The van der Waals surface area contributed by atoms with Crippen LogP contribution < -0.4 is 5.32 Å². The number of aryl methyl sites for hydroxylation is 2. The van der Waals surface area contributed by atoms with Crippen LogP contribution in [0.25, 0.3) is 22.0 Å². The first-order chi connectivity index (χ1) is 12.1. The van der Waals surface area contributed by atoms with Crippen LogP contribution in [0.4, 0.5) is 5.69 Å². The number of H-pyrrole nitrogens is 1. The molecule has 1 amide bonds. The average molecular weight is 349 g/mol. The van der Waals surface area contributed by atoms with Crippen molar-refractivity contribution in [1.29, 1.82) is 0 Å². The van der Waals surface area contributed by atoms with Crippen molar-refractivity contribution in [3.05, 3.63) is 58.4 Å². The smallest absolute Gasteiger partial charge is 0.275 e. The van der Waals surface area contributed by atoms with Gasteiger partial charge in [0.25, 0.3) is 5.91 Å². The maximum Gasteiger partial charge on any atom is 0.275 e. The van der Waals surface area contributed by atoms with Crippen LogP contribution in [-0.2, 0) is 0 Å². The number of benzene rings is 1. The zero-order chi connectivity index (χ0) is 17.4. The van der Waals surface area contributed by atoms with Gasteiger partial charge < -0.3 is 5.32 Å². The van der Waals surface area contributed by atoms with Crippen molar-refractivity contribution < 1.29 is 4.79 Å². The van der Waals surface area contributed by atoms with Gasteiger partial charge in [0, 0.05) is 28.7 Å². The van der Waals surface area contributed by atoms with Gasteiger partial charge in [0.1, 0.15) is 5.69 Å². The molecule has 4 rings (SSSR count). The number of anilines is 1. The first-order valence-corrected chi connectivity index (χ1v) is 8.61. The van der Waals surface area contributed by atoms with E-state index in [1.54, 1.807) is 17.8 Å². The number of fused-ring (bicyclic) bond motifs is 1. The lowest BCUT2D eigenvalue weighted by molar-refractivity contribution is 0.102. The largest absolute Gasteiger partial charge is 0.320 e. The third-order valence-electron chi connectivity index (χ3n) is 4.01. The monoisotopic (exact) mass is 349 g/mol. The molecule has 6 nitrogen and oxygen atoms in total. The molecule has 0 saturated heterocycles. The quantitative estimate of drug-likeness (QED) is 0.586. The van der Waals surface area contributed by atoms with Crippen molar-refractivity contribution in [1.82, 2.24) is 20.2 Å². The minimum Gasteiger partial charge on any atom is -0.320 e. The van der Waals surface area contributed by atoms with E-state index in [-0.39, 0.29) is 5.91 Å². The molecule has 0 saturated carbocycles. The van der Waals surface area contributed by atoms with Gasteiger partial charge in [-0.05, 0) is 43.2 Å². The van der Waals surface area contributed by atoms with E-state index in [9.17, 15) is 4.79 Å². The van der Waals surface area contributed by atoms with Gasteiger partial charge in [-0.15, -0.1) is 11.3 Å². The van der Waals surface area contributed by atoms with E-state index in [1.165, 1.54) is 11.3 Å². The molecular formula is C18H15N5OS. The summed E-state index contributed by atoms with van der Waals surface area (Å²) >= 11 is 1.45. The second-order valence-electron chi connectivity index (χ2n) is 5.75. The molecule has 3 heterocycles. The van der Waals surface area contributed by atoms with E-state index in [0.717, 1.165) is 32.6 Å². The predicted octanol–water partition coefficient (Wildman–Crippen LogP) is 3.95. The Morgan fingerprint density at radius 3 is 2.88 bits per heavy atom. The predicted molar refractivity (Wildman–Crippen MR) is 98.9 cm³/mol. The van der Waals surface area contributed by atoms with Crippen molar-refractivity contribution in [2.75, 3.05) is 5.32 Å². The zero-order valence-electron chi connectivity index (χ0n) is 13.7.